The topological polar surface area (TPSA) is 15.3 Å². The van der Waals surface area contributed by atoms with Gasteiger partial charge < -0.3 is 5.32 Å². The van der Waals surface area contributed by atoms with E-state index in [2.05, 4.69) is 54.3 Å². The largest absolute Gasteiger partial charge is 0.310 e. The number of hydrogen-bond donors (Lipinski definition) is 1. The van der Waals surface area contributed by atoms with Gasteiger partial charge in [-0.05, 0) is 29.9 Å². The second-order valence-corrected chi connectivity index (χ2v) is 6.17. The van der Waals surface area contributed by atoms with Crippen molar-refractivity contribution in [2.75, 3.05) is 13.1 Å². The highest BCUT2D eigenvalue weighted by Gasteiger charge is 2.23. The molecule has 0 aliphatic heterocycles. The summed E-state index contributed by atoms with van der Waals surface area (Å²) in [7, 11) is 0. The minimum Gasteiger partial charge on any atom is -0.310 e. The van der Waals surface area contributed by atoms with Crippen LogP contribution < -0.4 is 5.32 Å². The summed E-state index contributed by atoms with van der Waals surface area (Å²) in [6, 6.07) is 9.42. The fraction of sp³-hybridized carbons (Fsp3) is 0.556. The normalized spacial score (nSPS) is 14.8. The second-order valence-electron chi connectivity index (χ2n) is 6.17. The van der Waals surface area contributed by atoms with Gasteiger partial charge in [0.1, 0.15) is 0 Å². The molecule has 1 fully saturated rings. The van der Waals surface area contributed by atoms with E-state index in [9.17, 15) is 0 Å². The molecule has 1 aliphatic carbocycles. The molecule has 0 atom stereocenters. The monoisotopic (exact) mass is 270 g/mol. The molecule has 1 aliphatic rings. The molecule has 1 aromatic rings. The van der Waals surface area contributed by atoms with E-state index in [4.69, 9.17) is 6.42 Å². The first-order chi connectivity index (χ1) is 9.67. The summed E-state index contributed by atoms with van der Waals surface area (Å²) in [5.74, 6) is 3.67. The van der Waals surface area contributed by atoms with Gasteiger partial charge in [-0.25, -0.2) is 0 Å². The smallest absolute Gasteiger partial charge is 0.0601 e. The Balaban J connectivity index is 1.86. The van der Waals surface area contributed by atoms with Crippen molar-refractivity contribution in [2.45, 2.75) is 45.8 Å². The molecule has 20 heavy (non-hydrogen) atoms. The Morgan fingerprint density at radius 3 is 2.45 bits per heavy atom. The molecule has 0 aromatic heterocycles. The summed E-state index contributed by atoms with van der Waals surface area (Å²) in [4.78, 5) is 2.39. The Morgan fingerprint density at radius 1 is 1.25 bits per heavy atom. The lowest BCUT2D eigenvalue weighted by molar-refractivity contribution is 0.286. The fourth-order valence-corrected chi connectivity index (χ4v) is 2.32. The van der Waals surface area contributed by atoms with Gasteiger partial charge >= 0.3 is 0 Å². The average molecular weight is 270 g/mol. The standard InChI is InChI=1S/C18H26N2/c1-4-11-20(14-18-9-10-18)13-17-7-5-16(6-8-17)12-19-15(2)3/h1,5-8,15,18-19H,9-14H2,2-3H3. The molecule has 1 aromatic carbocycles. The van der Waals surface area contributed by atoms with Crippen LogP contribution in [0.2, 0.25) is 0 Å². The molecule has 2 nitrogen and oxygen atoms in total. The van der Waals surface area contributed by atoms with Crippen molar-refractivity contribution < 1.29 is 0 Å². The third kappa shape index (κ3) is 5.36. The van der Waals surface area contributed by atoms with Crippen LogP contribution in [0.25, 0.3) is 0 Å². The SMILES string of the molecule is C#CCN(Cc1ccc(CNC(C)C)cc1)CC1CC1. The molecule has 0 heterocycles. The molecule has 1 saturated carbocycles. The predicted octanol–water partition coefficient (Wildman–Crippen LogP) is 3.03. The number of benzene rings is 1. The van der Waals surface area contributed by atoms with E-state index >= 15 is 0 Å². The average Bonchev–Trinajstić information content (AvgIpc) is 3.22. The molecule has 0 radical (unpaired) electrons. The summed E-state index contributed by atoms with van der Waals surface area (Å²) >= 11 is 0. The molecular formula is C18H26N2. The zero-order valence-electron chi connectivity index (χ0n) is 12.7. The van der Waals surface area contributed by atoms with Gasteiger partial charge in [0.2, 0.25) is 0 Å². The van der Waals surface area contributed by atoms with E-state index < -0.39 is 0 Å². The van der Waals surface area contributed by atoms with Crippen LogP contribution in [0.3, 0.4) is 0 Å². The first-order valence-electron chi connectivity index (χ1n) is 7.64. The highest BCUT2D eigenvalue weighted by Crippen LogP contribution is 2.30. The maximum atomic E-state index is 5.47. The van der Waals surface area contributed by atoms with Gasteiger partial charge in [-0.15, -0.1) is 6.42 Å². The van der Waals surface area contributed by atoms with Crippen LogP contribution in [0.5, 0.6) is 0 Å². The van der Waals surface area contributed by atoms with E-state index in [1.807, 2.05) is 0 Å². The first kappa shape index (κ1) is 15.1. The van der Waals surface area contributed by atoms with Crippen LogP contribution in [0.1, 0.15) is 37.8 Å². The van der Waals surface area contributed by atoms with Gasteiger partial charge in [0.15, 0.2) is 0 Å². The molecule has 1 N–H and O–H groups in total. The van der Waals surface area contributed by atoms with E-state index in [1.165, 1.54) is 24.0 Å². The molecule has 2 rings (SSSR count). The van der Waals surface area contributed by atoms with Crippen molar-refractivity contribution in [1.82, 2.24) is 10.2 Å². The third-order valence-corrected chi connectivity index (χ3v) is 3.67. The first-order valence-corrected chi connectivity index (χ1v) is 7.64. The Morgan fingerprint density at radius 2 is 1.90 bits per heavy atom. The minimum absolute atomic E-state index is 0.527. The van der Waals surface area contributed by atoms with Gasteiger partial charge in [-0.1, -0.05) is 44.0 Å². The predicted molar refractivity (Wildman–Crippen MR) is 85.3 cm³/mol. The molecular weight excluding hydrogens is 244 g/mol. The summed E-state index contributed by atoms with van der Waals surface area (Å²) < 4.78 is 0. The molecule has 2 heteroatoms. The minimum atomic E-state index is 0.527. The Labute approximate surface area is 123 Å². The van der Waals surface area contributed by atoms with Crippen LogP contribution >= 0.6 is 0 Å². The molecule has 0 amide bonds. The van der Waals surface area contributed by atoms with E-state index in [-0.39, 0.29) is 0 Å². The van der Waals surface area contributed by atoms with Crippen molar-refractivity contribution in [3.8, 4) is 12.3 Å². The van der Waals surface area contributed by atoms with Crippen LogP contribution in [0, 0.1) is 18.3 Å². The fourth-order valence-electron chi connectivity index (χ4n) is 2.32. The lowest BCUT2D eigenvalue weighted by Gasteiger charge is -2.19. The van der Waals surface area contributed by atoms with Crippen LogP contribution in [-0.4, -0.2) is 24.0 Å². The zero-order valence-corrected chi connectivity index (χ0v) is 12.7. The van der Waals surface area contributed by atoms with Crippen molar-refractivity contribution in [3.05, 3.63) is 35.4 Å². The number of hydrogen-bond acceptors (Lipinski definition) is 2. The van der Waals surface area contributed by atoms with Crippen LogP contribution in [0.4, 0.5) is 0 Å². The van der Waals surface area contributed by atoms with Gasteiger partial charge in [0.25, 0.3) is 0 Å². The quantitative estimate of drug-likeness (QED) is 0.731. The maximum absolute atomic E-state index is 5.47. The van der Waals surface area contributed by atoms with Crippen molar-refractivity contribution in [1.29, 1.82) is 0 Å². The third-order valence-electron chi connectivity index (χ3n) is 3.67. The summed E-state index contributed by atoms with van der Waals surface area (Å²) in [6.45, 7) is 8.16. The Hall–Kier alpha value is -1.30. The lowest BCUT2D eigenvalue weighted by atomic mass is 10.1. The number of nitrogens with zero attached hydrogens (tertiary/aromatic N) is 1. The highest BCUT2D eigenvalue weighted by atomic mass is 15.1. The van der Waals surface area contributed by atoms with E-state index in [1.54, 1.807) is 0 Å². The van der Waals surface area contributed by atoms with Crippen LogP contribution in [-0.2, 0) is 13.1 Å². The maximum Gasteiger partial charge on any atom is 0.0601 e. The summed E-state index contributed by atoms with van der Waals surface area (Å²) in [5.41, 5.74) is 2.70. The van der Waals surface area contributed by atoms with E-state index in [0.717, 1.165) is 32.1 Å². The van der Waals surface area contributed by atoms with Gasteiger partial charge in [0, 0.05) is 25.7 Å². The number of terminal acetylenes is 1. The highest BCUT2D eigenvalue weighted by molar-refractivity contribution is 5.22. The molecule has 0 unspecified atom stereocenters. The molecule has 0 saturated heterocycles. The van der Waals surface area contributed by atoms with Crippen molar-refractivity contribution in [2.24, 2.45) is 5.92 Å². The second kappa shape index (κ2) is 7.47. The van der Waals surface area contributed by atoms with Gasteiger partial charge in [-0.2, -0.15) is 0 Å². The Bertz CT molecular complexity index is 437. The van der Waals surface area contributed by atoms with Crippen LogP contribution in [0.15, 0.2) is 24.3 Å². The number of nitrogens with one attached hydrogen (secondary N) is 1. The molecule has 108 valence electrons. The molecule has 0 spiro atoms. The zero-order chi connectivity index (χ0) is 14.4. The Kier molecular flexibility index (Phi) is 5.64. The lowest BCUT2D eigenvalue weighted by Crippen LogP contribution is -2.26. The van der Waals surface area contributed by atoms with E-state index in [0.29, 0.717) is 6.04 Å². The van der Waals surface area contributed by atoms with Gasteiger partial charge in [0.05, 0.1) is 6.54 Å². The summed E-state index contributed by atoms with van der Waals surface area (Å²) in [6.07, 6.45) is 8.22. The number of rotatable bonds is 8. The van der Waals surface area contributed by atoms with Crippen molar-refractivity contribution >= 4 is 0 Å². The van der Waals surface area contributed by atoms with Gasteiger partial charge in [-0.3, -0.25) is 4.90 Å². The molecule has 0 bridgehead atoms. The van der Waals surface area contributed by atoms with Crippen molar-refractivity contribution in [3.63, 3.8) is 0 Å². The summed E-state index contributed by atoms with van der Waals surface area (Å²) in [5, 5.41) is 3.44.